The summed E-state index contributed by atoms with van der Waals surface area (Å²) in [4.78, 5) is 65.1. The third-order valence-electron chi connectivity index (χ3n) is 5.63. The molecule has 0 aliphatic rings. The van der Waals surface area contributed by atoms with Gasteiger partial charge in [-0.2, -0.15) is 0 Å². The molecule has 5 N–H and O–H groups in total. The van der Waals surface area contributed by atoms with Gasteiger partial charge in [-0.15, -0.1) is 0 Å². The molecule has 0 spiro atoms. The molecule has 18 nitrogen and oxygen atoms in total. The van der Waals surface area contributed by atoms with Crippen molar-refractivity contribution in [2.24, 2.45) is 0 Å². The fourth-order valence-electron chi connectivity index (χ4n) is 3.29. The van der Waals surface area contributed by atoms with Crippen molar-refractivity contribution in [2.75, 3.05) is 35.8 Å². The number of carbonyl (C=O) groups is 6. The van der Waals surface area contributed by atoms with Gasteiger partial charge in [-0.1, -0.05) is 12.2 Å². The summed E-state index contributed by atoms with van der Waals surface area (Å²) in [5.41, 5.74) is 1.46. The Morgan fingerprint density at radius 1 is 0.625 bits per heavy atom. The summed E-state index contributed by atoms with van der Waals surface area (Å²) in [6.07, 6.45) is 5.76. The van der Waals surface area contributed by atoms with Crippen LogP contribution in [-0.4, -0.2) is 66.2 Å². The van der Waals surface area contributed by atoms with Gasteiger partial charge in [0.15, 0.2) is 11.5 Å². The average molecular weight is 813 g/mol. The zero-order valence-corrected chi connectivity index (χ0v) is 30.9. The first-order valence-electron chi connectivity index (χ1n) is 15.7. The molecule has 56 heavy (non-hydrogen) atoms. The van der Waals surface area contributed by atoms with Gasteiger partial charge in [0.2, 0.25) is 7.58 Å². The Morgan fingerprint density at radius 2 is 1.04 bits per heavy atom. The molecule has 0 fully saturated rings. The van der Waals surface area contributed by atoms with E-state index >= 15 is 0 Å². The van der Waals surface area contributed by atoms with Crippen molar-refractivity contribution in [1.82, 2.24) is 0 Å². The highest BCUT2D eigenvalue weighted by Crippen LogP contribution is 2.17. The summed E-state index contributed by atoms with van der Waals surface area (Å²) in [5, 5.41) is 45.6. The second kappa shape index (κ2) is 28.5. The average Bonchev–Trinajstić information content (AvgIpc) is 3.14. The second-order valence-electron chi connectivity index (χ2n) is 9.82. The van der Waals surface area contributed by atoms with Gasteiger partial charge in [0.25, 0.3) is 0 Å². The lowest BCUT2D eigenvalue weighted by molar-refractivity contribution is -0.132. The fourth-order valence-corrected chi connectivity index (χ4v) is 3.64. The number of rotatable bonds is 16. The van der Waals surface area contributed by atoms with Gasteiger partial charge >= 0.3 is 36.2 Å². The minimum atomic E-state index is -1.12. The molecule has 0 unspecified atom stereocenters. The quantitative estimate of drug-likeness (QED) is 0.0306. The van der Waals surface area contributed by atoms with Crippen LogP contribution in [0.5, 0.6) is 17.2 Å². The molecule has 0 aromatic heterocycles. The zero-order chi connectivity index (χ0) is 41.6. The highest BCUT2D eigenvalue weighted by atomic mass is 32.4. The van der Waals surface area contributed by atoms with E-state index in [1.165, 1.54) is 66.8 Å². The van der Waals surface area contributed by atoms with E-state index in [2.05, 4.69) is 43.9 Å². The van der Waals surface area contributed by atoms with Crippen molar-refractivity contribution < 1.29 is 72.7 Å². The Kier molecular flexibility index (Phi) is 24.0. The van der Waals surface area contributed by atoms with E-state index in [0.29, 0.717) is 35.7 Å². The van der Waals surface area contributed by atoms with Gasteiger partial charge in [-0.25, -0.2) is 28.8 Å². The van der Waals surface area contributed by atoms with Gasteiger partial charge in [0.1, 0.15) is 5.75 Å². The number of carboxylic acid groups (broad SMARTS) is 2. The van der Waals surface area contributed by atoms with E-state index in [-0.39, 0.29) is 38.9 Å². The van der Waals surface area contributed by atoms with Crippen LogP contribution < -0.4 is 20.7 Å². The number of hydrogen-bond acceptors (Lipinski definition) is 12. The topological polar surface area (TPSA) is 265 Å². The molecule has 0 saturated carbocycles. The Hall–Kier alpha value is -6.98. The van der Waals surface area contributed by atoms with Crippen LogP contribution in [0.4, 0.5) is 31.4 Å². The van der Waals surface area contributed by atoms with Crippen LogP contribution in [0.25, 0.3) is 0 Å². The summed E-state index contributed by atoms with van der Waals surface area (Å²) < 4.78 is 23.8. The molecule has 0 saturated heterocycles. The van der Waals surface area contributed by atoms with E-state index < -0.39 is 36.2 Å². The Morgan fingerprint density at radius 3 is 1.45 bits per heavy atom. The van der Waals surface area contributed by atoms with Crippen molar-refractivity contribution in [3.8, 4) is 17.2 Å². The van der Waals surface area contributed by atoms with Crippen LogP contribution in [0.1, 0.15) is 12.8 Å². The Labute approximate surface area is 326 Å². The summed E-state index contributed by atoms with van der Waals surface area (Å²) in [5.74, 6) is -2.55. The molecule has 3 rings (SSSR count). The first-order chi connectivity index (χ1) is 26.8. The molecule has 3 aromatic rings. The van der Waals surface area contributed by atoms with Crippen LogP contribution in [-0.2, 0) is 55.1 Å². The Bertz CT molecular complexity index is 1800. The summed E-state index contributed by atoms with van der Waals surface area (Å²) in [6.45, 7) is 3.59. The lowest BCUT2D eigenvalue weighted by atomic mass is 10.3. The summed E-state index contributed by atoms with van der Waals surface area (Å²) in [6, 6.07) is 17.5. The number of ether oxygens (including phenoxy) is 4. The van der Waals surface area contributed by atoms with Gasteiger partial charge in [0.05, 0.1) is 32.2 Å². The van der Waals surface area contributed by atoms with Gasteiger partial charge in [0, 0.05) is 42.1 Å². The smallest absolute Gasteiger partial charge is 0.411 e. The molecule has 0 atom stereocenters. The molecule has 3 amide bonds. The SMILES string of the molecule is O=C(O)C=COc1ccc(NC(=O)OCCC=CC(=O)OP=S)cc1.[CH2]COC(=O)Nc1ccc([O])cc1.[O]c1ccc(NC(=O)OCCC=CC(=O)O)cc1. The number of hydrogen-bond donors (Lipinski definition) is 5. The van der Waals surface area contributed by atoms with Crippen molar-refractivity contribution in [3.63, 3.8) is 0 Å². The van der Waals surface area contributed by atoms with Crippen LogP contribution in [0.2, 0.25) is 0 Å². The maximum Gasteiger partial charge on any atom is 0.411 e. The minimum Gasteiger partial charge on any atom is -0.478 e. The zero-order valence-electron chi connectivity index (χ0n) is 29.2. The second-order valence-corrected chi connectivity index (χ2v) is 10.6. The molecule has 0 aliphatic carbocycles. The van der Waals surface area contributed by atoms with Gasteiger partial charge in [-0.3, -0.25) is 26.2 Å². The van der Waals surface area contributed by atoms with Gasteiger partial charge in [-0.05, 0) is 91.5 Å². The monoisotopic (exact) mass is 812 g/mol. The van der Waals surface area contributed by atoms with E-state index in [4.69, 9.17) is 24.4 Å². The number of anilines is 3. The van der Waals surface area contributed by atoms with E-state index in [1.54, 1.807) is 24.3 Å². The van der Waals surface area contributed by atoms with E-state index in [9.17, 15) is 39.0 Å². The largest absolute Gasteiger partial charge is 0.478 e. The molecule has 295 valence electrons. The number of aliphatic carboxylic acids is 2. The highest BCUT2D eigenvalue weighted by molar-refractivity contribution is 7.94. The molecule has 20 heteroatoms. The first kappa shape index (κ1) is 47.0. The highest BCUT2D eigenvalue weighted by Gasteiger charge is 2.05. The van der Waals surface area contributed by atoms with Crippen molar-refractivity contribution >= 4 is 72.6 Å². The van der Waals surface area contributed by atoms with Crippen LogP contribution >= 0.6 is 7.58 Å². The molecule has 0 bridgehead atoms. The predicted molar refractivity (Wildman–Crippen MR) is 203 cm³/mol. The lowest BCUT2D eigenvalue weighted by Gasteiger charge is -2.06. The van der Waals surface area contributed by atoms with Crippen LogP contribution in [0, 0.1) is 6.92 Å². The van der Waals surface area contributed by atoms with E-state index in [1.807, 2.05) is 0 Å². The Balaban J connectivity index is 0.000000443. The van der Waals surface area contributed by atoms with Crippen LogP contribution in [0.3, 0.4) is 0 Å². The van der Waals surface area contributed by atoms with E-state index in [0.717, 1.165) is 18.4 Å². The predicted octanol–water partition coefficient (Wildman–Crippen LogP) is 7.65. The van der Waals surface area contributed by atoms with Crippen molar-refractivity contribution in [3.05, 3.63) is 116 Å². The standard InChI is InChI=1S/C15H14NO7PS.C12H12NO5.C9H9NO3/c17-13(18)8-10-21-12-6-4-11(5-7-12)16-15(20)22-9-2-1-3-14(19)23-24-25;14-10-6-4-9(5-7-10)13-12(17)18-8-2-1-3-11(15)16;1-2-13-9(12)10-7-3-5-8(11)6-4-7/h1,3-8,10H,2,9H2,(H,16,20)(H,17,18);1,3-7H,2,8H2,(H,13,17)(H,15,16);3-6H,1-2H2,(H,10,12). The number of benzene rings is 3. The molecule has 0 aliphatic heterocycles. The normalized spacial score (nSPS) is 10.2. The lowest BCUT2D eigenvalue weighted by Crippen LogP contribution is -2.14. The minimum absolute atomic E-state index is 0.0749. The van der Waals surface area contributed by atoms with Crippen molar-refractivity contribution in [2.45, 2.75) is 12.8 Å². The van der Waals surface area contributed by atoms with Crippen molar-refractivity contribution in [1.29, 1.82) is 0 Å². The first-order valence-corrected chi connectivity index (χ1v) is 17.5. The van der Waals surface area contributed by atoms with Gasteiger partial charge < -0.3 is 33.7 Å². The number of amides is 3. The maximum atomic E-state index is 11.6. The maximum absolute atomic E-state index is 11.6. The molecular weight excluding hydrogens is 777 g/mol. The third kappa shape index (κ3) is 25.1. The third-order valence-corrected chi connectivity index (χ3v) is 6.11. The molecule has 0 heterocycles. The fraction of sp³-hybridized carbons (Fsp3) is 0.139. The molecule has 3 aromatic carbocycles. The summed E-state index contributed by atoms with van der Waals surface area (Å²) in [7, 11) is 0.105. The number of carbonyl (C=O) groups excluding carboxylic acids is 4. The number of carboxylic acids is 2. The van der Waals surface area contributed by atoms with Crippen LogP contribution in [0.15, 0.2) is 109 Å². The molecule has 3 radical (unpaired) electrons. The molecular formula is C36H35N3O15PS. The summed E-state index contributed by atoms with van der Waals surface area (Å²) >= 11 is 4.45. The number of nitrogens with one attached hydrogen (secondary N) is 3.